The SMILES string of the molecule is ClC1=CSN[CH]1. The molecule has 0 saturated heterocycles. The monoisotopic (exact) mass is 120 g/mol. The molecule has 0 aromatic rings. The predicted octanol–water partition coefficient (Wildman–Crippen LogP) is 1.48. The zero-order valence-electron chi connectivity index (χ0n) is 2.94. The molecule has 0 fully saturated rings. The van der Waals surface area contributed by atoms with E-state index < -0.39 is 0 Å². The van der Waals surface area contributed by atoms with Gasteiger partial charge in [0.2, 0.25) is 0 Å². The minimum atomic E-state index is 0.778. The van der Waals surface area contributed by atoms with Crippen molar-refractivity contribution in [1.82, 2.24) is 4.72 Å². The van der Waals surface area contributed by atoms with Crippen LogP contribution < -0.4 is 4.72 Å². The summed E-state index contributed by atoms with van der Waals surface area (Å²) in [7, 11) is 0. The van der Waals surface area contributed by atoms with E-state index in [4.69, 9.17) is 11.6 Å². The normalized spacial score (nSPS) is 21.2. The van der Waals surface area contributed by atoms with Gasteiger partial charge in [-0.1, -0.05) is 23.5 Å². The van der Waals surface area contributed by atoms with Gasteiger partial charge in [-0.2, -0.15) is 0 Å². The highest BCUT2D eigenvalue weighted by atomic mass is 35.5. The zero-order chi connectivity index (χ0) is 4.41. The van der Waals surface area contributed by atoms with Crippen molar-refractivity contribution in [1.29, 1.82) is 0 Å². The number of hydrogen-bond acceptors (Lipinski definition) is 2. The highest BCUT2D eigenvalue weighted by Crippen LogP contribution is 2.17. The second-order valence-electron chi connectivity index (χ2n) is 0.883. The van der Waals surface area contributed by atoms with E-state index in [2.05, 4.69) is 4.72 Å². The first-order valence-electron chi connectivity index (χ1n) is 1.49. The summed E-state index contributed by atoms with van der Waals surface area (Å²) in [4.78, 5) is 0. The average molecular weight is 121 g/mol. The van der Waals surface area contributed by atoms with Gasteiger partial charge >= 0.3 is 0 Å². The van der Waals surface area contributed by atoms with E-state index in [1.807, 2.05) is 5.41 Å². The number of nitrogens with one attached hydrogen (secondary N) is 1. The Kier molecular flexibility index (Phi) is 1.40. The van der Waals surface area contributed by atoms with E-state index in [-0.39, 0.29) is 0 Å². The highest BCUT2D eigenvalue weighted by Gasteiger charge is 1.97. The molecule has 0 aliphatic carbocycles. The van der Waals surface area contributed by atoms with Gasteiger partial charge in [0.15, 0.2) is 0 Å². The van der Waals surface area contributed by atoms with Gasteiger partial charge in [0.05, 0.1) is 6.54 Å². The molecule has 1 rings (SSSR count). The molecule has 0 unspecified atom stereocenters. The first kappa shape index (κ1) is 4.50. The second kappa shape index (κ2) is 1.87. The number of hydrogen-bond donors (Lipinski definition) is 1. The molecule has 1 N–H and O–H groups in total. The van der Waals surface area contributed by atoms with Gasteiger partial charge in [-0.3, -0.25) is 0 Å². The molecule has 1 aliphatic rings. The first-order valence-corrected chi connectivity index (χ1v) is 2.75. The zero-order valence-corrected chi connectivity index (χ0v) is 4.51. The minimum absolute atomic E-state index is 0.778. The lowest BCUT2D eigenvalue weighted by Gasteiger charge is -1.78. The highest BCUT2D eigenvalue weighted by molar-refractivity contribution is 8.00. The Hall–Kier alpha value is 0.340. The van der Waals surface area contributed by atoms with Gasteiger partial charge in [-0.05, 0) is 0 Å². The Balaban J connectivity index is 2.45. The van der Waals surface area contributed by atoms with Crippen molar-refractivity contribution in [3.8, 4) is 0 Å². The summed E-state index contributed by atoms with van der Waals surface area (Å²) < 4.78 is 2.84. The lowest BCUT2D eigenvalue weighted by atomic mass is 10.7. The second-order valence-corrected chi connectivity index (χ2v) is 2.03. The Morgan fingerprint density at radius 1 is 1.83 bits per heavy atom. The molecule has 3 heteroatoms. The summed E-state index contributed by atoms with van der Waals surface area (Å²) in [5.74, 6) is 0. The molecule has 1 radical (unpaired) electrons. The molecule has 0 atom stereocenters. The fraction of sp³-hybridized carbons (Fsp3) is 0. The van der Waals surface area contributed by atoms with Crippen molar-refractivity contribution in [2.45, 2.75) is 0 Å². The first-order chi connectivity index (χ1) is 2.89. The van der Waals surface area contributed by atoms with Crippen LogP contribution in [0.15, 0.2) is 10.4 Å². The van der Waals surface area contributed by atoms with Crippen LogP contribution in [-0.4, -0.2) is 0 Å². The van der Waals surface area contributed by atoms with Crippen molar-refractivity contribution in [2.75, 3.05) is 0 Å². The average Bonchev–Trinajstić information content (AvgIpc) is 1.86. The van der Waals surface area contributed by atoms with Crippen molar-refractivity contribution >= 4 is 23.5 Å². The van der Waals surface area contributed by atoms with E-state index >= 15 is 0 Å². The van der Waals surface area contributed by atoms with Crippen LogP contribution >= 0.6 is 23.5 Å². The van der Waals surface area contributed by atoms with Gasteiger partial charge in [0.1, 0.15) is 0 Å². The molecule has 1 nitrogen and oxygen atoms in total. The molecule has 6 heavy (non-hydrogen) atoms. The van der Waals surface area contributed by atoms with E-state index in [1.54, 1.807) is 6.54 Å². The quantitative estimate of drug-likeness (QED) is 0.486. The topological polar surface area (TPSA) is 12.0 Å². The van der Waals surface area contributed by atoms with Crippen LogP contribution in [0.4, 0.5) is 0 Å². The van der Waals surface area contributed by atoms with Crippen molar-refractivity contribution in [3.63, 3.8) is 0 Å². The van der Waals surface area contributed by atoms with E-state index in [0.717, 1.165) is 5.03 Å². The summed E-state index contributed by atoms with van der Waals surface area (Å²) in [6.45, 7) is 1.74. The molecular formula is C3H3ClNS. The van der Waals surface area contributed by atoms with Gasteiger partial charge in [0.25, 0.3) is 0 Å². The van der Waals surface area contributed by atoms with Crippen LogP contribution in [0.2, 0.25) is 0 Å². The van der Waals surface area contributed by atoms with Crippen LogP contribution in [0.1, 0.15) is 0 Å². The minimum Gasteiger partial charge on any atom is -0.250 e. The lowest BCUT2D eigenvalue weighted by molar-refractivity contribution is 1.31. The fourth-order valence-electron chi connectivity index (χ4n) is 0.215. The van der Waals surface area contributed by atoms with Crippen LogP contribution in [0.5, 0.6) is 0 Å². The van der Waals surface area contributed by atoms with Crippen LogP contribution in [0.3, 0.4) is 0 Å². The summed E-state index contributed by atoms with van der Waals surface area (Å²) in [5, 5.41) is 2.61. The maximum absolute atomic E-state index is 5.43. The third-order valence-corrected chi connectivity index (χ3v) is 1.41. The Morgan fingerprint density at radius 2 is 2.67 bits per heavy atom. The summed E-state index contributed by atoms with van der Waals surface area (Å²) in [5.41, 5.74) is 0. The molecule has 0 amide bonds. The van der Waals surface area contributed by atoms with Crippen molar-refractivity contribution in [3.05, 3.63) is 17.0 Å². The van der Waals surface area contributed by atoms with E-state index in [0.29, 0.717) is 0 Å². The summed E-state index contributed by atoms with van der Waals surface area (Å²) in [6, 6.07) is 0. The van der Waals surface area contributed by atoms with Crippen LogP contribution in [-0.2, 0) is 0 Å². The van der Waals surface area contributed by atoms with Gasteiger partial charge in [-0.25, -0.2) is 4.72 Å². The molecule has 0 aromatic heterocycles. The van der Waals surface area contributed by atoms with Crippen LogP contribution in [0, 0.1) is 6.54 Å². The molecule has 33 valence electrons. The summed E-state index contributed by atoms with van der Waals surface area (Å²) in [6.07, 6.45) is 0. The third-order valence-electron chi connectivity index (χ3n) is 0.436. The Bertz CT molecular complexity index is 80.9. The molecule has 1 aliphatic heterocycles. The molecule has 0 spiro atoms. The maximum atomic E-state index is 5.43. The van der Waals surface area contributed by atoms with E-state index in [1.165, 1.54) is 11.9 Å². The Labute approximate surface area is 45.9 Å². The smallest absolute Gasteiger partial charge is 0.0749 e. The maximum Gasteiger partial charge on any atom is 0.0749 e. The number of rotatable bonds is 0. The third kappa shape index (κ3) is 0.899. The van der Waals surface area contributed by atoms with Gasteiger partial charge in [0, 0.05) is 10.4 Å². The van der Waals surface area contributed by atoms with E-state index in [9.17, 15) is 0 Å². The molecule has 0 saturated carbocycles. The van der Waals surface area contributed by atoms with Crippen molar-refractivity contribution in [2.24, 2.45) is 0 Å². The Morgan fingerprint density at radius 3 is 2.83 bits per heavy atom. The van der Waals surface area contributed by atoms with Gasteiger partial charge < -0.3 is 0 Å². The number of halogens is 1. The summed E-state index contributed by atoms with van der Waals surface area (Å²) >= 11 is 6.92. The fourth-order valence-corrected chi connectivity index (χ4v) is 0.911. The molecule has 0 bridgehead atoms. The van der Waals surface area contributed by atoms with Crippen LogP contribution in [0.25, 0.3) is 0 Å². The molecule has 1 heterocycles. The predicted molar refractivity (Wildman–Crippen MR) is 29.0 cm³/mol. The van der Waals surface area contributed by atoms with Crippen molar-refractivity contribution < 1.29 is 0 Å². The standard InChI is InChI=1S/C3H3ClNS/c4-3-1-5-6-2-3/h1-2,5H. The molecule has 0 aromatic carbocycles. The van der Waals surface area contributed by atoms with Gasteiger partial charge in [-0.15, -0.1) is 0 Å². The molecular weight excluding hydrogens is 118 g/mol. The largest absolute Gasteiger partial charge is 0.250 e. The lowest BCUT2D eigenvalue weighted by Crippen LogP contribution is -1.86.